The molecule has 17 heavy (non-hydrogen) atoms. The van der Waals surface area contributed by atoms with E-state index in [1.807, 2.05) is 20.8 Å². The van der Waals surface area contributed by atoms with Crippen LogP contribution in [-0.2, 0) is 0 Å². The molecule has 4 nitrogen and oxygen atoms in total. The number of ether oxygens (including phenoxy) is 1. The lowest BCUT2D eigenvalue weighted by Gasteiger charge is -2.17. The van der Waals surface area contributed by atoms with Gasteiger partial charge in [-0.15, -0.1) is 0 Å². The normalized spacial score (nSPS) is 12.4. The number of methoxy groups -OCH3 is 1. The van der Waals surface area contributed by atoms with Crippen molar-refractivity contribution in [1.29, 1.82) is 0 Å². The maximum atomic E-state index is 13.0. The lowest BCUT2D eigenvalue weighted by atomic mass is 10.3. The van der Waals surface area contributed by atoms with Gasteiger partial charge in [-0.05, 0) is 6.07 Å². The quantitative estimate of drug-likeness (QED) is 0.663. The van der Waals surface area contributed by atoms with Crippen molar-refractivity contribution in [1.82, 2.24) is 4.98 Å². The molecule has 1 aromatic heterocycles. The average Bonchev–Trinajstić information content (AvgIpc) is 2.24. The molecule has 1 rings (SSSR count). The zero-order chi connectivity index (χ0) is 13.1. The fourth-order valence-corrected chi connectivity index (χ4v) is 1.68. The summed E-state index contributed by atoms with van der Waals surface area (Å²) in [5.41, 5.74) is 0.424. The molecule has 6 heteroatoms. The fourth-order valence-electron chi connectivity index (χ4n) is 1.03. The second-order valence-corrected chi connectivity index (χ2v) is 6.99. The molecule has 1 heterocycles. The van der Waals surface area contributed by atoms with Crippen LogP contribution in [0, 0.1) is 5.82 Å². The van der Waals surface area contributed by atoms with Gasteiger partial charge < -0.3 is 9.53 Å². The van der Waals surface area contributed by atoms with E-state index in [2.05, 4.69) is 9.64 Å². The van der Waals surface area contributed by atoms with Crippen molar-refractivity contribution in [3.63, 3.8) is 0 Å². The molecule has 0 aliphatic rings. The Bertz CT molecular complexity index is 418. The van der Waals surface area contributed by atoms with E-state index in [9.17, 15) is 9.19 Å². The molecule has 0 bridgehead atoms. The molecule has 1 radical (unpaired) electrons. The van der Waals surface area contributed by atoms with E-state index in [-0.39, 0.29) is 5.04 Å². The molecule has 0 aliphatic heterocycles. The third kappa shape index (κ3) is 3.90. The van der Waals surface area contributed by atoms with Crippen molar-refractivity contribution in [3.8, 4) is 5.88 Å². The molecule has 1 aromatic rings. The van der Waals surface area contributed by atoms with Gasteiger partial charge in [0.15, 0.2) is 0 Å². The predicted molar refractivity (Wildman–Crippen MR) is 66.0 cm³/mol. The Balaban J connectivity index is 2.94. The minimum atomic E-state index is -1.88. The topological polar surface area (TPSA) is 54.7 Å². The molecule has 0 fully saturated rings. The molecule has 0 spiro atoms. The largest absolute Gasteiger partial charge is 0.481 e. The Morgan fingerprint density at radius 3 is 2.71 bits per heavy atom. The molecule has 1 N–H and O–H groups in total. The summed E-state index contributed by atoms with van der Waals surface area (Å²) >= 11 is 0. The van der Waals surface area contributed by atoms with E-state index in [0.29, 0.717) is 11.4 Å². The smallest absolute Gasteiger partial charge is 0.363 e. The van der Waals surface area contributed by atoms with Crippen molar-refractivity contribution in [2.75, 3.05) is 7.11 Å². The number of nitrogens with zero attached hydrogens (tertiary/aromatic N) is 2. The summed E-state index contributed by atoms with van der Waals surface area (Å²) in [5.74, 6) is -0.173. The Hall–Kier alpha value is -1.27. The first-order valence-electron chi connectivity index (χ1n) is 5.14. The number of rotatable bonds is 3. The van der Waals surface area contributed by atoms with Crippen molar-refractivity contribution in [2.24, 2.45) is 4.66 Å². The number of pyridine rings is 1. The Morgan fingerprint density at radius 2 is 2.18 bits per heavy atom. The highest BCUT2D eigenvalue weighted by Gasteiger charge is 2.25. The predicted octanol–water partition coefficient (Wildman–Crippen LogP) is 1.93. The van der Waals surface area contributed by atoms with Crippen LogP contribution in [0.4, 0.5) is 4.39 Å². The number of hydrogen-bond donors (Lipinski definition) is 1. The first-order chi connectivity index (χ1) is 7.84. The minimum Gasteiger partial charge on any atom is -0.481 e. The molecule has 0 amide bonds. The number of aromatic nitrogens is 1. The zero-order valence-electron chi connectivity index (χ0n) is 10.4. The van der Waals surface area contributed by atoms with Gasteiger partial charge >= 0.3 is 9.20 Å². The van der Waals surface area contributed by atoms with Gasteiger partial charge in [-0.25, -0.2) is 9.37 Å². The van der Waals surface area contributed by atoms with Crippen molar-refractivity contribution in [3.05, 3.63) is 23.6 Å². The van der Waals surface area contributed by atoms with Crippen molar-refractivity contribution < 1.29 is 13.9 Å². The van der Waals surface area contributed by atoms with Gasteiger partial charge in [-0.1, -0.05) is 20.8 Å². The Labute approximate surface area is 102 Å². The van der Waals surface area contributed by atoms with E-state index in [1.54, 1.807) is 0 Å². The molecule has 0 aliphatic carbocycles. The minimum absolute atomic E-state index is 0.269. The third-order valence-corrected chi connectivity index (χ3v) is 3.75. The second-order valence-electron chi connectivity index (χ2n) is 4.58. The van der Waals surface area contributed by atoms with Crippen LogP contribution in [0.3, 0.4) is 0 Å². The summed E-state index contributed by atoms with van der Waals surface area (Å²) in [6.07, 6.45) is 2.49. The Kier molecular flexibility index (Phi) is 4.36. The van der Waals surface area contributed by atoms with Crippen LogP contribution in [0.1, 0.15) is 26.3 Å². The van der Waals surface area contributed by atoms with Gasteiger partial charge in [-0.2, -0.15) is 0 Å². The van der Waals surface area contributed by atoms with Gasteiger partial charge in [-0.3, -0.25) is 4.66 Å². The van der Waals surface area contributed by atoms with E-state index < -0.39 is 15.0 Å². The summed E-state index contributed by atoms with van der Waals surface area (Å²) in [4.78, 5) is 13.6. The second kappa shape index (κ2) is 5.37. The summed E-state index contributed by atoms with van der Waals surface area (Å²) < 4.78 is 22.0. The molecule has 0 atom stereocenters. The lowest BCUT2D eigenvalue weighted by Crippen LogP contribution is -2.23. The first-order valence-corrected chi connectivity index (χ1v) is 6.54. The average molecular weight is 255 g/mol. The van der Waals surface area contributed by atoms with Gasteiger partial charge in [0.25, 0.3) is 0 Å². The van der Waals surface area contributed by atoms with E-state index >= 15 is 0 Å². The standard InChI is InChI=1S/C11H16FN2O2Si/c1-11(2,3)17(15)14-6-8-5-9(12)7-13-10(8)16-4/h5-7,15H,1-4H3. The van der Waals surface area contributed by atoms with Crippen LogP contribution in [0.5, 0.6) is 5.88 Å². The molecule has 0 unspecified atom stereocenters. The van der Waals surface area contributed by atoms with E-state index in [4.69, 9.17) is 4.74 Å². The van der Waals surface area contributed by atoms with Gasteiger partial charge in [0.05, 0.1) is 18.9 Å². The highest BCUT2D eigenvalue weighted by Crippen LogP contribution is 2.25. The summed E-state index contributed by atoms with van der Waals surface area (Å²) in [5, 5.41) is -0.269. The van der Waals surface area contributed by atoms with E-state index in [0.717, 1.165) is 6.20 Å². The van der Waals surface area contributed by atoms with E-state index in [1.165, 1.54) is 19.4 Å². The molecular formula is C11H16FN2O2Si. The molecule has 0 aromatic carbocycles. The highest BCUT2D eigenvalue weighted by atomic mass is 28.3. The SMILES string of the molecule is COc1ncc(F)cc1C=N[Si](O)C(C)(C)C. The molecular weight excluding hydrogens is 239 g/mol. The zero-order valence-corrected chi connectivity index (χ0v) is 11.4. The lowest BCUT2D eigenvalue weighted by molar-refractivity contribution is 0.395. The van der Waals surface area contributed by atoms with Crippen LogP contribution in [-0.4, -0.2) is 32.3 Å². The van der Waals surface area contributed by atoms with Crippen LogP contribution < -0.4 is 4.74 Å². The van der Waals surface area contributed by atoms with Gasteiger partial charge in [0.1, 0.15) is 5.82 Å². The molecule has 0 saturated carbocycles. The Morgan fingerprint density at radius 1 is 1.53 bits per heavy atom. The molecule has 0 saturated heterocycles. The fraction of sp³-hybridized carbons (Fsp3) is 0.455. The maximum Gasteiger partial charge on any atom is 0.363 e. The summed E-state index contributed by atoms with van der Waals surface area (Å²) in [6.45, 7) is 5.71. The maximum absolute atomic E-state index is 13.0. The number of halogens is 1. The van der Waals surface area contributed by atoms with Crippen molar-refractivity contribution in [2.45, 2.75) is 25.8 Å². The van der Waals surface area contributed by atoms with Crippen LogP contribution in [0.2, 0.25) is 5.04 Å². The van der Waals surface area contributed by atoms with Crippen LogP contribution in [0.25, 0.3) is 0 Å². The van der Waals surface area contributed by atoms with Gasteiger partial charge in [0, 0.05) is 11.3 Å². The monoisotopic (exact) mass is 255 g/mol. The van der Waals surface area contributed by atoms with Crippen molar-refractivity contribution >= 4 is 15.4 Å². The number of hydrogen-bond acceptors (Lipinski definition) is 4. The van der Waals surface area contributed by atoms with Crippen LogP contribution in [0.15, 0.2) is 16.9 Å². The summed E-state index contributed by atoms with van der Waals surface area (Å²) in [7, 11) is -0.426. The first kappa shape index (κ1) is 13.8. The van der Waals surface area contributed by atoms with Crippen LogP contribution >= 0.6 is 0 Å². The molecule has 93 valence electrons. The van der Waals surface area contributed by atoms with Gasteiger partial charge in [0.2, 0.25) is 5.88 Å². The third-order valence-electron chi connectivity index (χ3n) is 2.04. The summed E-state index contributed by atoms with van der Waals surface area (Å²) in [6, 6.07) is 1.27. The highest BCUT2D eigenvalue weighted by molar-refractivity contribution is 6.53.